The number of esters is 3. The average molecular weight is 657 g/mol. The molecule has 0 bridgehead atoms. The van der Waals surface area contributed by atoms with Crippen LogP contribution in [0.15, 0.2) is 0 Å². The summed E-state index contributed by atoms with van der Waals surface area (Å²) in [5.41, 5.74) is -0.320. The third-order valence-electron chi connectivity index (χ3n) is 8.41. The topological polar surface area (TPSA) is 116 Å². The van der Waals surface area contributed by atoms with Crippen molar-refractivity contribution >= 4 is 23.9 Å². The van der Waals surface area contributed by atoms with E-state index in [1.165, 1.54) is 51.4 Å². The lowest BCUT2D eigenvalue weighted by Crippen LogP contribution is -2.33. The fraction of sp³-hybridized carbons (Fsp3) is 0.895. The van der Waals surface area contributed by atoms with Crippen LogP contribution in [0.4, 0.5) is 0 Å². The van der Waals surface area contributed by atoms with Gasteiger partial charge in [-0.3, -0.25) is 19.2 Å². The van der Waals surface area contributed by atoms with Gasteiger partial charge in [0.25, 0.3) is 0 Å². The van der Waals surface area contributed by atoms with Crippen molar-refractivity contribution in [3.05, 3.63) is 0 Å². The molecule has 46 heavy (non-hydrogen) atoms. The lowest BCUT2D eigenvalue weighted by atomic mass is 9.90. The van der Waals surface area contributed by atoms with Crippen LogP contribution in [0.2, 0.25) is 0 Å². The lowest BCUT2D eigenvalue weighted by molar-refractivity contribution is -0.162. The van der Waals surface area contributed by atoms with E-state index < -0.39 is 5.97 Å². The number of hydrogen-bond donors (Lipinski definition) is 1. The summed E-state index contributed by atoms with van der Waals surface area (Å²) < 4.78 is 16.1. The zero-order valence-corrected chi connectivity index (χ0v) is 30.6. The molecule has 0 spiro atoms. The Morgan fingerprint density at radius 1 is 0.457 bits per heavy atom. The first-order valence-corrected chi connectivity index (χ1v) is 18.9. The van der Waals surface area contributed by atoms with Gasteiger partial charge in [0.1, 0.15) is 5.60 Å². The molecule has 0 rings (SSSR count). The van der Waals surface area contributed by atoms with Gasteiger partial charge in [0, 0.05) is 25.7 Å². The molecule has 0 heterocycles. The molecule has 272 valence electrons. The van der Waals surface area contributed by atoms with Crippen molar-refractivity contribution in [1.82, 2.24) is 0 Å². The first kappa shape index (κ1) is 46.0. The number of aliphatic carboxylic acids is 1. The highest BCUT2D eigenvalue weighted by Gasteiger charge is 2.29. The molecule has 0 saturated heterocycles. The van der Waals surface area contributed by atoms with Crippen molar-refractivity contribution in [2.24, 2.45) is 0 Å². The minimum absolute atomic E-state index is 0.122. The molecule has 0 aliphatic carbocycles. The average Bonchev–Trinajstić information content (AvgIpc) is 3.04. The summed E-state index contributed by atoms with van der Waals surface area (Å²) in [6.07, 6.45) is 24.1. The van der Waals surface area contributed by atoms with Crippen LogP contribution in [-0.2, 0) is 33.4 Å². The first-order valence-electron chi connectivity index (χ1n) is 18.9. The Morgan fingerprint density at radius 2 is 0.826 bits per heavy atom. The summed E-state index contributed by atoms with van der Waals surface area (Å²) >= 11 is 0. The Kier molecular flexibility index (Phi) is 34.2. The molecule has 0 aromatic rings. The van der Waals surface area contributed by atoms with Crippen molar-refractivity contribution in [2.75, 3.05) is 13.2 Å². The highest BCUT2D eigenvalue weighted by Crippen LogP contribution is 2.28. The van der Waals surface area contributed by atoms with E-state index >= 15 is 0 Å². The van der Waals surface area contributed by atoms with E-state index in [0.717, 1.165) is 64.2 Å². The molecule has 0 atom stereocenters. The van der Waals surface area contributed by atoms with Gasteiger partial charge in [-0.2, -0.15) is 0 Å². The molecule has 1 N–H and O–H groups in total. The van der Waals surface area contributed by atoms with E-state index in [9.17, 15) is 19.2 Å². The standard InChI is InChI=1S/C22H42O4.C16H30O4/c1-3-5-7-9-11-15-19-25-21(23)17-13-14-18-22(24)26-20-16-12-10-8-6-4-2;1-4-7-10-13-16(5-2,6-3)20-15(19)12-9-8-11-14(17)18/h3-20H2,1-2H3;4-13H2,1-3H3,(H,17,18). The van der Waals surface area contributed by atoms with Crippen molar-refractivity contribution in [3.63, 3.8) is 0 Å². The number of ether oxygens (including phenoxy) is 3. The predicted octanol–water partition coefficient (Wildman–Crippen LogP) is 10.7. The predicted molar refractivity (Wildman–Crippen MR) is 187 cm³/mol. The second kappa shape index (κ2) is 34.2. The molecule has 8 nitrogen and oxygen atoms in total. The fourth-order valence-corrected chi connectivity index (χ4v) is 5.15. The SMILES string of the molecule is CCCCCC(CC)(CC)OC(=O)CCCCC(=O)O.CCCCCCCCOC(=O)CCCCC(=O)OCCCCCCCC. The van der Waals surface area contributed by atoms with E-state index in [1.807, 2.05) is 0 Å². The summed E-state index contributed by atoms with van der Waals surface area (Å²) in [5.74, 6) is -1.28. The van der Waals surface area contributed by atoms with Crippen LogP contribution in [0.1, 0.15) is 202 Å². The van der Waals surface area contributed by atoms with Gasteiger partial charge in [-0.1, -0.05) is 112 Å². The normalized spacial score (nSPS) is 11.0. The largest absolute Gasteiger partial charge is 0.481 e. The monoisotopic (exact) mass is 657 g/mol. The zero-order chi connectivity index (χ0) is 34.7. The molecular weight excluding hydrogens is 584 g/mol. The maximum atomic E-state index is 11.9. The van der Waals surface area contributed by atoms with Crippen molar-refractivity contribution in [2.45, 2.75) is 207 Å². The number of carbonyl (C=O) groups is 4. The Morgan fingerprint density at radius 3 is 1.24 bits per heavy atom. The van der Waals surface area contributed by atoms with Crippen LogP contribution in [0, 0.1) is 0 Å². The van der Waals surface area contributed by atoms with Crippen molar-refractivity contribution < 1.29 is 38.5 Å². The third kappa shape index (κ3) is 31.8. The van der Waals surface area contributed by atoms with Gasteiger partial charge in [-0.05, 0) is 64.2 Å². The Hall–Kier alpha value is -2.12. The zero-order valence-electron chi connectivity index (χ0n) is 30.6. The first-order chi connectivity index (χ1) is 22.2. The second-order valence-corrected chi connectivity index (χ2v) is 12.6. The third-order valence-corrected chi connectivity index (χ3v) is 8.41. The summed E-state index contributed by atoms with van der Waals surface area (Å²) in [5, 5.41) is 8.55. The Bertz CT molecular complexity index is 700. The second-order valence-electron chi connectivity index (χ2n) is 12.6. The van der Waals surface area contributed by atoms with E-state index in [4.69, 9.17) is 19.3 Å². The molecule has 0 fully saturated rings. The minimum Gasteiger partial charge on any atom is -0.481 e. The van der Waals surface area contributed by atoms with E-state index in [1.54, 1.807) is 0 Å². The quantitative estimate of drug-likeness (QED) is 0.0445. The van der Waals surface area contributed by atoms with Gasteiger partial charge in [0.2, 0.25) is 0 Å². The molecule has 8 heteroatoms. The molecule has 0 aliphatic heterocycles. The van der Waals surface area contributed by atoms with Gasteiger partial charge in [0.15, 0.2) is 0 Å². The van der Waals surface area contributed by atoms with Crippen LogP contribution in [0.3, 0.4) is 0 Å². The maximum Gasteiger partial charge on any atom is 0.306 e. The molecule has 0 saturated carbocycles. The number of carboxylic acids is 1. The molecule has 0 aromatic carbocycles. The molecule has 0 amide bonds. The van der Waals surface area contributed by atoms with Crippen LogP contribution in [0.5, 0.6) is 0 Å². The number of unbranched alkanes of at least 4 members (excludes halogenated alkanes) is 14. The maximum absolute atomic E-state index is 11.9. The Balaban J connectivity index is 0. The number of rotatable bonds is 31. The van der Waals surface area contributed by atoms with Crippen LogP contribution in [0.25, 0.3) is 0 Å². The van der Waals surface area contributed by atoms with E-state index in [0.29, 0.717) is 58.2 Å². The van der Waals surface area contributed by atoms with Gasteiger partial charge in [-0.15, -0.1) is 0 Å². The highest BCUT2D eigenvalue weighted by molar-refractivity contribution is 5.71. The van der Waals surface area contributed by atoms with Gasteiger partial charge < -0.3 is 19.3 Å². The molecule has 0 aliphatic rings. The fourth-order valence-electron chi connectivity index (χ4n) is 5.15. The van der Waals surface area contributed by atoms with Gasteiger partial charge in [0.05, 0.1) is 13.2 Å². The smallest absolute Gasteiger partial charge is 0.306 e. The minimum atomic E-state index is -0.811. The van der Waals surface area contributed by atoms with Crippen LogP contribution < -0.4 is 0 Å². The van der Waals surface area contributed by atoms with E-state index in [2.05, 4.69) is 34.6 Å². The number of carboxylic acid groups (broad SMARTS) is 1. The summed E-state index contributed by atoms with van der Waals surface area (Å²) in [6, 6.07) is 0. The van der Waals surface area contributed by atoms with Crippen LogP contribution >= 0.6 is 0 Å². The van der Waals surface area contributed by atoms with Gasteiger partial charge >= 0.3 is 23.9 Å². The van der Waals surface area contributed by atoms with Gasteiger partial charge in [-0.25, -0.2) is 0 Å². The summed E-state index contributed by atoms with van der Waals surface area (Å²) in [7, 11) is 0. The lowest BCUT2D eigenvalue weighted by Gasteiger charge is -2.31. The Labute approximate surface area is 282 Å². The van der Waals surface area contributed by atoms with Crippen LogP contribution in [-0.4, -0.2) is 47.8 Å². The molecule has 0 unspecified atom stereocenters. The summed E-state index contributed by atoms with van der Waals surface area (Å²) in [4.78, 5) is 45.5. The number of carbonyl (C=O) groups excluding carboxylic acids is 3. The van der Waals surface area contributed by atoms with Crippen molar-refractivity contribution in [3.8, 4) is 0 Å². The molecule has 0 radical (unpaired) electrons. The highest BCUT2D eigenvalue weighted by atomic mass is 16.6. The van der Waals surface area contributed by atoms with E-state index in [-0.39, 0.29) is 29.9 Å². The number of hydrogen-bond acceptors (Lipinski definition) is 7. The molecule has 0 aromatic heterocycles. The molecular formula is C38H72O8. The van der Waals surface area contributed by atoms with Crippen molar-refractivity contribution in [1.29, 1.82) is 0 Å². The summed E-state index contributed by atoms with van der Waals surface area (Å²) in [6.45, 7) is 11.8.